The highest BCUT2D eigenvalue weighted by atomic mass is 79.9. The van der Waals surface area contributed by atoms with E-state index in [9.17, 15) is 8.42 Å². The maximum atomic E-state index is 12.2. The van der Waals surface area contributed by atoms with E-state index in [-0.39, 0.29) is 30.8 Å². The minimum absolute atomic E-state index is 0.0799. The van der Waals surface area contributed by atoms with E-state index in [2.05, 4.69) is 20.7 Å². The summed E-state index contributed by atoms with van der Waals surface area (Å²) in [7, 11) is -0.688. The highest BCUT2D eigenvalue weighted by Gasteiger charge is 2.20. The summed E-state index contributed by atoms with van der Waals surface area (Å²) >= 11 is 3.19. The molecule has 6 nitrogen and oxygen atoms in total. The summed E-state index contributed by atoms with van der Waals surface area (Å²) in [6.45, 7) is 0.166. The summed E-state index contributed by atoms with van der Waals surface area (Å²) in [5.41, 5.74) is 0.522. The number of hydrogen-bond acceptors (Lipinski definition) is 5. The van der Waals surface area contributed by atoms with Gasteiger partial charge < -0.3 is 14.6 Å². The largest absolute Gasteiger partial charge is 0.392 e. The van der Waals surface area contributed by atoms with Gasteiger partial charge in [0.2, 0.25) is 10.0 Å². The van der Waals surface area contributed by atoms with Gasteiger partial charge in [0, 0.05) is 25.2 Å². The van der Waals surface area contributed by atoms with E-state index in [1.165, 1.54) is 20.3 Å². The topological polar surface area (TPSA) is 84.9 Å². The predicted molar refractivity (Wildman–Crippen MR) is 77.9 cm³/mol. The number of rotatable bonds is 8. The van der Waals surface area contributed by atoms with Gasteiger partial charge in [-0.05, 0) is 33.6 Å². The molecule has 0 heterocycles. The van der Waals surface area contributed by atoms with Gasteiger partial charge in [0.05, 0.1) is 24.2 Å². The smallest absolute Gasteiger partial charge is 0.241 e. The van der Waals surface area contributed by atoms with Gasteiger partial charge in [-0.3, -0.25) is 0 Å². The van der Waals surface area contributed by atoms with E-state index in [1.807, 2.05) is 0 Å². The van der Waals surface area contributed by atoms with Crippen LogP contribution in [-0.4, -0.2) is 47.0 Å². The number of sulfonamides is 1. The van der Waals surface area contributed by atoms with Gasteiger partial charge >= 0.3 is 0 Å². The Labute approximate surface area is 127 Å². The number of methoxy groups -OCH3 is 2. The first-order valence-corrected chi connectivity index (χ1v) is 8.13. The Balaban J connectivity index is 2.88. The fourth-order valence-electron chi connectivity index (χ4n) is 1.53. The molecular formula is C12H18BrNO5S. The van der Waals surface area contributed by atoms with E-state index < -0.39 is 10.0 Å². The summed E-state index contributed by atoms with van der Waals surface area (Å²) < 4.78 is 37.4. The third-order valence-corrected chi connectivity index (χ3v) is 5.07. The van der Waals surface area contributed by atoms with Crippen LogP contribution >= 0.6 is 15.9 Å². The minimum Gasteiger partial charge on any atom is -0.392 e. The number of aliphatic hydroxyl groups excluding tert-OH is 1. The maximum Gasteiger partial charge on any atom is 0.241 e. The molecule has 8 heteroatoms. The second-order valence-corrected chi connectivity index (χ2v) is 6.68. The fourth-order valence-corrected chi connectivity index (χ4v) is 3.61. The predicted octanol–water partition coefficient (Wildman–Crippen LogP) is 0.881. The summed E-state index contributed by atoms with van der Waals surface area (Å²) in [4.78, 5) is 0.0799. The molecule has 0 bridgehead atoms. The molecule has 0 fully saturated rings. The highest BCUT2D eigenvalue weighted by Crippen LogP contribution is 2.23. The Bertz CT molecular complexity index is 535. The molecule has 1 atom stereocenters. The van der Waals surface area contributed by atoms with Crippen LogP contribution in [0.3, 0.4) is 0 Å². The van der Waals surface area contributed by atoms with Crippen LogP contribution in [0.15, 0.2) is 27.6 Å². The van der Waals surface area contributed by atoms with Crippen molar-refractivity contribution in [1.29, 1.82) is 0 Å². The summed E-state index contributed by atoms with van der Waals surface area (Å²) in [5, 5.41) is 9.08. The first-order chi connectivity index (χ1) is 9.44. The maximum absolute atomic E-state index is 12.2. The second-order valence-electron chi connectivity index (χ2n) is 4.09. The van der Waals surface area contributed by atoms with E-state index in [0.29, 0.717) is 10.0 Å². The third kappa shape index (κ3) is 4.80. The Hall–Kier alpha value is -0.510. The van der Waals surface area contributed by atoms with Crippen LogP contribution < -0.4 is 4.72 Å². The summed E-state index contributed by atoms with van der Waals surface area (Å²) in [5.74, 6) is 0. The van der Waals surface area contributed by atoms with E-state index in [0.717, 1.165) is 0 Å². The van der Waals surface area contributed by atoms with Gasteiger partial charge in [-0.2, -0.15) is 0 Å². The van der Waals surface area contributed by atoms with Crippen molar-refractivity contribution in [2.24, 2.45) is 0 Å². The summed E-state index contributed by atoms with van der Waals surface area (Å²) in [6.07, 6.45) is -0.366. The minimum atomic E-state index is -3.69. The molecule has 0 aliphatic heterocycles. The molecule has 0 saturated heterocycles. The zero-order valence-electron chi connectivity index (χ0n) is 11.3. The van der Waals surface area contributed by atoms with Gasteiger partial charge in [0.25, 0.3) is 0 Å². The van der Waals surface area contributed by atoms with Crippen LogP contribution in [0.4, 0.5) is 0 Å². The summed E-state index contributed by atoms with van der Waals surface area (Å²) in [6, 6.07) is 4.65. The number of nitrogens with one attached hydrogen (secondary N) is 1. The molecule has 0 saturated carbocycles. The van der Waals surface area contributed by atoms with Crippen molar-refractivity contribution in [3.8, 4) is 0 Å². The molecule has 1 aromatic carbocycles. The zero-order chi connectivity index (χ0) is 15.2. The Morgan fingerprint density at radius 2 is 2.10 bits per heavy atom. The molecule has 0 aliphatic rings. The normalized spacial score (nSPS) is 13.4. The van der Waals surface area contributed by atoms with Gasteiger partial charge in [0.1, 0.15) is 0 Å². The molecule has 1 aromatic rings. The van der Waals surface area contributed by atoms with Crippen LogP contribution in [-0.2, 0) is 26.1 Å². The van der Waals surface area contributed by atoms with Crippen molar-refractivity contribution in [2.75, 3.05) is 27.4 Å². The van der Waals surface area contributed by atoms with Gasteiger partial charge in [0.15, 0.2) is 0 Å². The van der Waals surface area contributed by atoms with Crippen molar-refractivity contribution >= 4 is 26.0 Å². The van der Waals surface area contributed by atoms with Crippen LogP contribution in [0.25, 0.3) is 0 Å². The average molecular weight is 368 g/mol. The number of benzene rings is 1. The first kappa shape index (κ1) is 17.5. The van der Waals surface area contributed by atoms with Crippen LogP contribution in [0, 0.1) is 0 Å². The molecule has 0 spiro atoms. The van der Waals surface area contributed by atoms with E-state index in [4.69, 9.17) is 14.6 Å². The standard InChI is InChI=1S/C12H18BrNO5S/c1-18-8-10(19-2)6-14-20(16,17)12-5-9(7-15)3-4-11(12)13/h3-5,10,14-15H,6-8H2,1-2H3. The van der Waals surface area contributed by atoms with Crippen molar-refractivity contribution < 1.29 is 23.0 Å². The lowest BCUT2D eigenvalue weighted by atomic mass is 10.2. The number of halogens is 1. The number of ether oxygens (including phenoxy) is 2. The van der Waals surface area contributed by atoms with Gasteiger partial charge in [-0.25, -0.2) is 13.1 Å². The van der Waals surface area contributed by atoms with Crippen molar-refractivity contribution in [3.05, 3.63) is 28.2 Å². The zero-order valence-corrected chi connectivity index (χ0v) is 13.7. The molecule has 114 valence electrons. The Morgan fingerprint density at radius 1 is 1.40 bits per heavy atom. The Kier molecular flexibility index (Phi) is 7.07. The number of aliphatic hydroxyl groups is 1. The fraction of sp³-hybridized carbons (Fsp3) is 0.500. The third-order valence-electron chi connectivity index (χ3n) is 2.65. The molecule has 0 aromatic heterocycles. The van der Waals surface area contributed by atoms with E-state index >= 15 is 0 Å². The van der Waals surface area contributed by atoms with Crippen molar-refractivity contribution in [2.45, 2.75) is 17.6 Å². The quantitative estimate of drug-likeness (QED) is 0.712. The molecule has 20 heavy (non-hydrogen) atoms. The molecule has 2 N–H and O–H groups in total. The molecule has 0 aliphatic carbocycles. The second kappa shape index (κ2) is 8.06. The van der Waals surface area contributed by atoms with Gasteiger partial charge in [-0.1, -0.05) is 6.07 Å². The molecule has 0 radical (unpaired) electrons. The number of hydrogen-bond donors (Lipinski definition) is 2. The molecular weight excluding hydrogens is 350 g/mol. The SMILES string of the molecule is COCC(CNS(=O)(=O)c1cc(CO)ccc1Br)OC. The Morgan fingerprint density at radius 3 is 2.65 bits per heavy atom. The average Bonchev–Trinajstić information content (AvgIpc) is 2.43. The molecule has 1 unspecified atom stereocenters. The lowest BCUT2D eigenvalue weighted by Crippen LogP contribution is -2.35. The van der Waals surface area contributed by atoms with Crippen LogP contribution in [0.2, 0.25) is 0 Å². The van der Waals surface area contributed by atoms with Crippen LogP contribution in [0.1, 0.15) is 5.56 Å². The lowest BCUT2D eigenvalue weighted by molar-refractivity contribution is 0.0320. The van der Waals surface area contributed by atoms with E-state index in [1.54, 1.807) is 12.1 Å². The van der Waals surface area contributed by atoms with Crippen LogP contribution in [0.5, 0.6) is 0 Å². The molecule has 1 rings (SSSR count). The first-order valence-electron chi connectivity index (χ1n) is 5.85. The molecule has 0 amide bonds. The van der Waals surface area contributed by atoms with Crippen molar-refractivity contribution in [3.63, 3.8) is 0 Å². The van der Waals surface area contributed by atoms with Crippen molar-refractivity contribution in [1.82, 2.24) is 4.72 Å². The van der Waals surface area contributed by atoms with Gasteiger partial charge in [-0.15, -0.1) is 0 Å². The highest BCUT2D eigenvalue weighted by molar-refractivity contribution is 9.10. The monoisotopic (exact) mass is 367 g/mol. The lowest BCUT2D eigenvalue weighted by Gasteiger charge is -2.16.